The molecule has 0 aliphatic heterocycles. The number of nitrogens with one attached hydrogen (secondary N) is 1. The average molecular weight is 323 g/mol. The van der Waals surface area contributed by atoms with Crippen molar-refractivity contribution in [3.63, 3.8) is 0 Å². The summed E-state index contributed by atoms with van der Waals surface area (Å²) in [6, 6.07) is 7.77. The third-order valence-electron chi connectivity index (χ3n) is 3.38. The van der Waals surface area contributed by atoms with E-state index in [0.29, 0.717) is 13.0 Å². The van der Waals surface area contributed by atoms with Gasteiger partial charge >= 0.3 is 5.97 Å². The molecule has 0 heterocycles. The average Bonchev–Trinajstić information content (AvgIpc) is 2.47. The van der Waals surface area contributed by atoms with E-state index in [9.17, 15) is 9.59 Å². The Hall–Kier alpha value is -2.08. The highest BCUT2D eigenvalue weighted by Gasteiger charge is 2.34. The van der Waals surface area contributed by atoms with Gasteiger partial charge in [-0.15, -0.1) is 0 Å². The fraction of sp³-hybridized carbons (Fsp3) is 0.529. The van der Waals surface area contributed by atoms with Gasteiger partial charge in [-0.1, -0.05) is 12.1 Å². The van der Waals surface area contributed by atoms with Crippen LogP contribution in [0.4, 0.5) is 0 Å². The number of carbonyl (C=O) groups is 2. The zero-order chi connectivity index (χ0) is 17.3. The second kappa shape index (κ2) is 9.15. The number of rotatable bonds is 10. The SMILES string of the molecule is COCC(C)(NC(=O)CCCCOc1cccc(C)c1)C(=O)O. The highest BCUT2D eigenvalue weighted by Crippen LogP contribution is 2.13. The van der Waals surface area contributed by atoms with Crippen molar-refractivity contribution in [3.05, 3.63) is 29.8 Å². The Morgan fingerprint density at radius 1 is 1.30 bits per heavy atom. The summed E-state index contributed by atoms with van der Waals surface area (Å²) >= 11 is 0. The molecule has 0 fully saturated rings. The van der Waals surface area contributed by atoms with Gasteiger partial charge in [-0.25, -0.2) is 4.79 Å². The number of aryl methyl sites for hydroxylation is 1. The smallest absolute Gasteiger partial charge is 0.331 e. The molecule has 23 heavy (non-hydrogen) atoms. The molecule has 0 spiro atoms. The van der Waals surface area contributed by atoms with Crippen LogP contribution < -0.4 is 10.1 Å². The van der Waals surface area contributed by atoms with Crippen LogP contribution in [0, 0.1) is 6.92 Å². The van der Waals surface area contributed by atoms with Gasteiger partial charge in [-0.3, -0.25) is 4.79 Å². The number of methoxy groups -OCH3 is 1. The van der Waals surface area contributed by atoms with Crippen molar-refractivity contribution in [2.75, 3.05) is 20.3 Å². The van der Waals surface area contributed by atoms with Gasteiger partial charge in [0, 0.05) is 13.5 Å². The molecular weight excluding hydrogens is 298 g/mol. The first-order valence-electron chi connectivity index (χ1n) is 7.60. The molecule has 0 saturated heterocycles. The molecule has 0 aromatic heterocycles. The first-order valence-corrected chi connectivity index (χ1v) is 7.60. The lowest BCUT2D eigenvalue weighted by atomic mass is 10.0. The summed E-state index contributed by atoms with van der Waals surface area (Å²) in [5.74, 6) is -0.606. The Morgan fingerprint density at radius 2 is 2.04 bits per heavy atom. The molecule has 6 heteroatoms. The van der Waals surface area contributed by atoms with E-state index >= 15 is 0 Å². The summed E-state index contributed by atoms with van der Waals surface area (Å²) in [6.07, 6.45) is 1.60. The van der Waals surface area contributed by atoms with Crippen LogP contribution >= 0.6 is 0 Å². The topological polar surface area (TPSA) is 84.9 Å². The van der Waals surface area contributed by atoms with Crippen LogP contribution in [0.5, 0.6) is 5.75 Å². The largest absolute Gasteiger partial charge is 0.494 e. The zero-order valence-corrected chi connectivity index (χ0v) is 13.9. The fourth-order valence-electron chi connectivity index (χ4n) is 2.09. The van der Waals surface area contributed by atoms with Crippen molar-refractivity contribution in [1.29, 1.82) is 0 Å². The van der Waals surface area contributed by atoms with E-state index in [1.54, 1.807) is 0 Å². The number of hydrogen-bond acceptors (Lipinski definition) is 4. The molecule has 128 valence electrons. The van der Waals surface area contributed by atoms with Crippen LogP contribution in [0.25, 0.3) is 0 Å². The van der Waals surface area contributed by atoms with E-state index in [0.717, 1.165) is 17.7 Å². The maximum absolute atomic E-state index is 11.8. The lowest BCUT2D eigenvalue weighted by Gasteiger charge is -2.25. The quantitative estimate of drug-likeness (QED) is 0.645. The summed E-state index contributed by atoms with van der Waals surface area (Å²) in [5, 5.41) is 11.7. The Morgan fingerprint density at radius 3 is 2.65 bits per heavy atom. The molecule has 1 amide bonds. The Labute approximate surface area is 136 Å². The Bertz CT molecular complexity index is 531. The number of aliphatic carboxylic acids is 1. The summed E-state index contributed by atoms with van der Waals surface area (Å²) in [5.41, 5.74) is -0.267. The van der Waals surface area contributed by atoms with Gasteiger partial charge in [0.15, 0.2) is 5.54 Å². The Kier molecular flexibility index (Phi) is 7.54. The second-order valence-electron chi connectivity index (χ2n) is 5.74. The molecular formula is C17H25NO5. The molecule has 1 aromatic carbocycles. The van der Waals surface area contributed by atoms with Gasteiger partial charge in [0.25, 0.3) is 0 Å². The predicted molar refractivity (Wildman–Crippen MR) is 86.6 cm³/mol. The highest BCUT2D eigenvalue weighted by molar-refractivity contribution is 5.86. The lowest BCUT2D eigenvalue weighted by Crippen LogP contribution is -2.55. The second-order valence-corrected chi connectivity index (χ2v) is 5.74. The van der Waals surface area contributed by atoms with Crippen molar-refractivity contribution in [2.24, 2.45) is 0 Å². The fourth-order valence-corrected chi connectivity index (χ4v) is 2.09. The first kappa shape index (κ1) is 19.0. The molecule has 0 aliphatic carbocycles. The van der Waals surface area contributed by atoms with E-state index in [1.807, 2.05) is 31.2 Å². The van der Waals surface area contributed by atoms with Crippen LogP contribution in [-0.2, 0) is 14.3 Å². The number of ether oxygens (including phenoxy) is 2. The number of unbranched alkanes of at least 4 members (excludes halogenated alkanes) is 1. The number of carbonyl (C=O) groups excluding carboxylic acids is 1. The van der Waals surface area contributed by atoms with E-state index in [1.165, 1.54) is 14.0 Å². The summed E-state index contributed by atoms with van der Waals surface area (Å²) in [6.45, 7) is 3.86. The van der Waals surface area contributed by atoms with E-state index < -0.39 is 11.5 Å². The lowest BCUT2D eigenvalue weighted by molar-refractivity contribution is -0.149. The third-order valence-corrected chi connectivity index (χ3v) is 3.38. The van der Waals surface area contributed by atoms with Crippen molar-refractivity contribution < 1.29 is 24.2 Å². The van der Waals surface area contributed by atoms with Crippen molar-refractivity contribution in [2.45, 2.75) is 38.6 Å². The number of hydrogen-bond donors (Lipinski definition) is 2. The standard InChI is InChI=1S/C17H25NO5/c1-13-7-6-8-14(11-13)23-10-5-4-9-15(19)18-17(2,12-22-3)16(20)21/h6-8,11H,4-5,9-10,12H2,1-3H3,(H,18,19)(H,20,21). The van der Waals surface area contributed by atoms with Crippen LogP contribution in [0.1, 0.15) is 31.7 Å². The van der Waals surface area contributed by atoms with Crippen LogP contribution in [0.2, 0.25) is 0 Å². The van der Waals surface area contributed by atoms with Gasteiger partial charge in [0.2, 0.25) is 5.91 Å². The van der Waals surface area contributed by atoms with E-state index in [-0.39, 0.29) is 18.9 Å². The first-order chi connectivity index (χ1) is 10.9. The number of benzene rings is 1. The van der Waals surface area contributed by atoms with Gasteiger partial charge in [-0.2, -0.15) is 0 Å². The molecule has 1 rings (SSSR count). The molecule has 1 aromatic rings. The Balaban J connectivity index is 2.27. The molecule has 0 aliphatic rings. The minimum atomic E-state index is -1.40. The highest BCUT2D eigenvalue weighted by atomic mass is 16.5. The van der Waals surface area contributed by atoms with Crippen molar-refractivity contribution >= 4 is 11.9 Å². The maximum Gasteiger partial charge on any atom is 0.331 e. The summed E-state index contributed by atoms with van der Waals surface area (Å²) < 4.78 is 10.5. The molecule has 6 nitrogen and oxygen atoms in total. The number of amides is 1. The number of carboxylic acid groups (broad SMARTS) is 1. The normalized spacial score (nSPS) is 13.2. The minimum absolute atomic E-state index is 0.0788. The van der Waals surface area contributed by atoms with Crippen LogP contribution in [-0.4, -0.2) is 42.8 Å². The van der Waals surface area contributed by atoms with Crippen LogP contribution in [0.3, 0.4) is 0 Å². The summed E-state index contributed by atoms with van der Waals surface area (Å²) in [4.78, 5) is 23.0. The zero-order valence-electron chi connectivity index (χ0n) is 13.9. The van der Waals surface area contributed by atoms with E-state index in [2.05, 4.69) is 5.32 Å². The molecule has 1 atom stereocenters. The van der Waals surface area contributed by atoms with Gasteiger partial charge in [-0.05, 0) is 44.4 Å². The monoisotopic (exact) mass is 323 g/mol. The third kappa shape index (κ3) is 6.69. The molecule has 0 bridgehead atoms. The van der Waals surface area contributed by atoms with Gasteiger partial charge in [0.1, 0.15) is 5.75 Å². The van der Waals surface area contributed by atoms with Crippen molar-refractivity contribution in [3.8, 4) is 5.75 Å². The molecule has 1 unspecified atom stereocenters. The van der Waals surface area contributed by atoms with Gasteiger partial charge < -0.3 is 19.9 Å². The molecule has 2 N–H and O–H groups in total. The van der Waals surface area contributed by atoms with E-state index in [4.69, 9.17) is 14.6 Å². The molecule has 0 saturated carbocycles. The summed E-state index contributed by atoms with van der Waals surface area (Å²) in [7, 11) is 1.40. The number of carboxylic acids is 1. The van der Waals surface area contributed by atoms with Crippen molar-refractivity contribution in [1.82, 2.24) is 5.32 Å². The maximum atomic E-state index is 11.8. The minimum Gasteiger partial charge on any atom is -0.494 e. The van der Waals surface area contributed by atoms with Gasteiger partial charge in [0.05, 0.1) is 13.2 Å². The molecule has 0 radical (unpaired) electrons. The predicted octanol–water partition coefficient (Wildman–Crippen LogP) is 2.15. The van der Waals surface area contributed by atoms with Crippen LogP contribution in [0.15, 0.2) is 24.3 Å².